The Bertz CT molecular complexity index is 294. The van der Waals surface area contributed by atoms with Gasteiger partial charge in [0.25, 0.3) is 0 Å². The number of halogens is 4. The lowest BCUT2D eigenvalue weighted by atomic mass is 9.80. The Morgan fingerprint density at radius 1 is 1.23 bits per heavy atom. The summed E-state index contributed by atoms with van der Waals surface area (Å²) >= 11 is 0. The van der Waals surface area contributed by atoms with Crippen molar-refractivity contribution in [2.75, 3.05) is 0 Å². The summed E-state index contributed by atoms with van der Waals surface area (Å²) in [4.78, 5) is 0. The van der Waals surface area contributed by atoms with Crippen LogP contribution in [0.2, 0.25) is 0 Å². The quantitative estimate of drug-likeness (QED) is 0.469. The van der Waals surface area contributed by atoms with Crippen LogP contribution in [0.3, 0.4) is 0 Å². The van der Waals surface area contributed by atoms with Crippen molar-refractivity contribution in [3.05, 3.63) is 35.6 Å². The molecule has 1 aromatic carbocycles. The average Bonchev–Trinajstić information content (AvgIpc) is 2.01. The fourth-order valence-corrected chi connectivity index (χ4v) is 0.889. The number of rotatable bonds is 1. The van der Waals surface area contributed by atoms with Crippen LogP contribution in [-0.4, -0.2) is 14.0 Å². The molecular formula is C8H5BF4. The van der Waals surface area contributed by atoms with Gasteiger partial charge in [-0.25, -0.2) is 4.39 Å². The van der Waals surface area contributed by atoms with E-state index in [-0.39, 0.29) is 5.56 Å². The summed E-state index contributed by atoms with van der Waals surface area (Å²) in [5.74, 6) is -2.85. The van der Waals surface area contributed by atoms with Crippen molar-refractivity contribution in [2.45, 2.75) is 12.0 Å². The first-order valence-electron chi connectivity index (χ1n) is 3.49. The van der Waals surface area contributed by atoms with Crippen LogP contribution in [0, 0.1) is 5.82 Å². The molecule has 0 amide bonds. The molecule has 0 N–H and O–H groups in total. The van der Waals surface area contributed by atoms with Crippen LogP contribution in [0.4, 0.5) is 17.6 Å². The van der Waals surface area contributed by atoms with E-state index in [0.717, 1.165) is 18.2 Å². The van der Waals surface area contributed by atoms with Crippen LogP contribution in [-0.2, 0) is 0 Å². The third-order valence-corrected chi connectivity index (χ3v) is 1.56. The summed E-state index contributed by atoms with van der Waals surface area (Å²) in [7, 11) is 4.85. The molecule has 1 aromatic rings. The molecule has 0 spiro atoms. The maximum atomic E-state index is 12.5. The number of hydrogen-bond donors (Lipinski definition) is 0. The predicted octanol–water partition coefficient (Wildman–Crippen LogP) is 2.60. The SMILES string of the molecule is [B]C(c1cccc(F)c1)C(F)(F)F. The van der Waals surface area contributed by atoms with Crippen molar-refractivity contribution in [2.24, 2.45) is 0 Å². The molecule has 68 valence electrons. The number of benzene rings is 1. The molecule has 13 heavy (non-hydrogen) atoms. The van der Waals surface area contributed by atoms with Crippen molar-refractivity contribution in [1.82, 2.24) is 0 Å². The van der Waals surface area contributed by atoms with Crippen molar-refractivity contribution >= 4 is 7.85 Å². The van der Waals surface area contributed by atoms with Gasteiger partial charge in [0.05, 0.1) is 7.85 Å². The van der Waals surface area contributed by atoms with Gasteiger partial charge in [0.1, 0.15) is 5.82 Å². The van der Waals surface area contributed by atoms with Crippen LogP contribution >= 0.6 is 0 Å². The summed E-state index contributed by atoms with van der Waals surface area (Å²) in [6.45, 7) is 0. The van der Waals surface area contributed by atoms with Gasteiger partial charge in [-0.3, -0.25) is 0 Å². The molecule has 5 heteroatoms. The first-order chi connectivity index (χ1) is 5.91. The Labute approximate surface area is 74.0 Å². The minimum Gasteiger partial charge on any atom is -0.207 e. The highest BCUT2D eigenvalue weighted by atomic mass is 19.4. The molecule has 0 bridgehead atoms. The van der Waals surface area contributed by atoms with Gasteiger partial charge < -0.3 is 0 Å². The summed E-state index contributed by atoms with van der Waals surface area (Å²) in [5.41, 5.74) is -0.271. The van der Waals surface area contributed by atoms with E-state index in [4.69, 9.17) is 7.85 Å². The fourth-order valence-electron chi connectivity index (χ4n) is 0.889. The topological polar surface area (TPSA) is 0 Å². The molecule has 0 aliphatic rings. The van der Waals surface area contributed by atoms with E-state index in [9.17, 15) is 17.6 Å². The lowest BCUT2D eigenvalue weighted by Gasteiger charge is -2.15. The molecule has 0 aliphatic heterocycles. The smallest absolute Gasteiger partial charge is 0.207 e. The van der Waals surface area contributed by atoms with E-state index < -0.39 is 17.8 Å². The molecule has 0 heterocycles. The first-order valence-corrected chi connectivity index (χ1v) is 3.49. The molecule has 2 radical (unpaired) electrons. The zero-order valence-corrected chi connectivity index (χ0v) is 6.48. The zero-order chi connectivity index (χ0) is 10.1. The van der Waals surface area contributed by atoms with Crippen molar-refractivity contribution in [3.63, 3.8) is 0 Å². The van der Waals surface area contributed by atoms with Gasteiger partial charge >= 0.3 is 6.18 Å². The number of hydrogen-bond acceptors (Lipinski definition) is 0. The Balaban J connectivity index is 2.96. The molecule has 0 nitrogen and oxygen atoms in total. The van der Waals surface area contributed by atoms with E-state index in [2.05, 4.69) is 0 Å². The van der Waals surface area contributed by atoms with E-state index in [1.165, 1.54) is 6.07 Å². The van der Waals surface area contributed by atoms with E-state index in [0.29, 0.717) is 0 Å². The highest BCUT2D eigenvalue weighted by Crippen LogP contribution is 2.31. The van der Waals surface area contributed by atoms with Gasteiger partial charge in [0.15, 0.2) is 0 Å². The molecule has 0 aromatic heterocycles. The van der Waals surface area contributed by atoms with E-state index in [1.807, 2.05) is 0 Å². The predicted molar refractivity (Wildman–Crippen MR) is 41.0 cm³/mol. The second-order valence-corrected chi connectivity index (χ2v) is 2.57. The molecule has 0 aliphatic carbocycles. The zero-order valence-electron chi connectivity index (χ0n) is 6.48. The standard InChI is InChI=1S/C8H5BF4/c9-7(8(11,12)13)5-2-1-3-6(10)4-5/h1-4,7H. The largest absolute Gasteiger partial charge is 0.388 e. The first kappa shape index (κ1) is 10.1. The van der Waals surface area contributed by atoms with Crippen LogP contribution < -0.4 is 0 Å². The van der Waals surface area contributed by atoms with Gasteiger partial charge in [0, 0.05) is 5.82 Å². The normalized spacial score (nSPS) is 14.2. The number of alkyl halides is 3. The Kier molecular flexibility index (Phi) is 2.64. The second kappa shape index (κ2) is 3.40. The fraction of sp³-hybridized carbons (Fsp3) is 0.250. The summed E-state index contributed by atoms with van der Waals surface area (Å²) in [6.07, 6.45) is -4.53. The monoisotopic (exact) mass is 188 g/mol. The molecule has 1 rings (SSSR count). The van der Waals surface area contributed by atoms with Gasteiger partial charge in [-0.05, 0) is 17.7 Å². The van der Waals surface area contributed by atoms with Crippen molar-refractivity contribution in [3.8, 4) is 0 Å². The third kappa shape index (κ3) is 2.47. The average molecular weight is 188 g/mol. The Morgan fingerprint density at radius 3 is 2.31 bits per heavy atom. The van der Waals surface area contributed by atoms with Crippen molar-refractivity contribution < 1.29 is 17.6 Å². The molecule has 0 saturated carbocycles. The van der Waals surface area contributed by atoms with Gasteiger partial charge in [-0.15, -0.1) is 0 Å². The van der Waals surface area contributed by atoms with Gasteiger partial charge in [0.2, 0.25) is 0 Å². The summed E-state index contributed by atoms with van der Waals surface area (Å²) in [5, 5.41) is 0. The van der Waals surface area contributed by atoms with Crippen molar-refractivity contribution in [1.29, 1.82) is 0 Å². The van der Waals surface area contributed by atoms with E-state index >= 15 is 0 Å². The maximum Gasteiger partial charge on any atom is 0.388 e. The highest BCUT2D eigenvalue weighted by molar-refractivity contribution is 6.13. The minimum atomic E-state index is -4.53. The lowest BCUT2D eigenvalue weighted by Crippen LogP contribution is -2.20. The van der Waals surface area contributed by atoms with Crippen LogP contribution in [0.1, 0.15) is 11.4 Å². The molecule has 0 fully saturated rings. The maximum absolute atomic E-state index is 12.5. The second-order valence-electron chi connectivity index (χ2n) is 2.57. The van der Waals surface area contributed by atoms with Gasteiger partial charge in [-0.2, -0.15) is 13.2 Å². The lowest BCUT2D eigenvalue weighted by molar-refractivity contribution is -0.131. The molecular weight excluding hydrogens is 183 g/mol. The van der Waals surface area contributed by atoms with Crippen LogP contribution in [0.15, 0.2) is 24.3 Å². The highest BCUT2D eigenvalue weighted by Gasteiger charge is 2.36. The van der Waals surface area contributed by atoms with Crippen LogP contribution in [0.5, 0.6) is 0 Å². The molecule has 0 saturated heterocycles. The summed E-state index contributed by atoms with van der Waals surface area (Å²) in [6, 6.07) is 4.17. The Hall–Kier alpha value is -0.995. The van der Waals surface area contributed by atoms with Crippen LogP contribution in [0.25, 0.3) is 0 Å². The Morgan fingerprint density at radius 2 is 1.85 bits per heavy atom. The minimum absolute atomic E-state index is 0.271. The molecule has 1 unspecified atom stereocenters. The van der Waals surface area contributed by atoms with E-state index in [1.54, 1.807) is 0 Å². The summed E-state index contributed by atoms with van der Waals surface area (Å²) < 4.78 is 48.6. The van der Waals surface area contributed by atoms with Gasteiger partial charge in [-0.1, -0.05) is 12.1 Å². The molecule has 1 atom stereocenters. The third-order valence-electron chi connectivity index (χ3n) is 1.56.